The van der Waals surface area contributed by atoms with Gasteiger partial charge in [-0.1, -0.05) is 40.9 Å². The maximum Gasteiger partial charge on any atom is 0.293 e. The third-order valence-electron chi connectivity index (χ3n) is 4.01. The van der Waals surface area contributed by atoms with E-state index in [4.69, 9.17) is 44.3 Å². The lowest BCUT2D eigenvalue weighted by Crippen LogP contribution is -2.27. The number of hydrogen-bond acceptors (Lipinski definition) is 5. The van der Waals surface area contributed by atoms with Crippen molar-refractivity contribution in [3.05, 3.63) is 61.4 Å². The lowest BCUT2D eigenvalue weighted by atomic mass is 10.1. The van der Waals surface area contributed by atoms with E-state index in [0.29, 0.717) is 37.7 Å². The molecule has 0 unspecified atom stereocenters. The van der Waals surface area contributed by atoms with Crippen molar-refractivity contribution in [3.8, 4) is 11.5 Å². The molecule has 0 aliphatic carbocycles. The fourth-order valence-electron chi connectivity index (χ4n) is 2.58. The van der Waals surface area contributed by atoms with Gasteiger partial charge in [0.05, 0.1) is 30.7 Å². The molecule has 5 nitrogen and oxygen atoms in total. The Morgan fingerprint density at radius 1 is 1.00 bits per heavy atom. The highest BCUT2D eigenvalue weighted by Crippen LogP contribution is 2.38. The second-order valence-electron chi connectivity index (χ2n) is 5.73. The number of rotatable bonds is 5. The predicted molar refractivity (Wildman–Crippen MR) is 113 cm³/mol. The molecule has 1 aliphatic heterocycles. The van der Waals surface area contributed by atoms with Crippen LogP contribution in [0.2, 0.25) is 15.1 Å². The summed E-state index contributed by atoms with van der Waals surface area (Å²) in [4.78, 5) is 26.5. The van der Waals surface area contributed by atoms with Crippen LogP contribution in [0.5, 0.6) is 11.5 Å². The quantitative estimate of drug-likeness (QED) is 0.522. The van der Waals surface area contributed by atoms with E-state index in [2.05, 4.69) is 0 Å². The summed E-state index contributed by atoms with van der Waals surface area (Å²) < 4.78 is 10.5. The third kappa shape index (κ3) is 4.25. The lowest BCUT2D eigenvalue weighted by molar-refractivity contribution is -0.123. The standard InChI is InChI=1S/C19H14Cl3NO4S/c1-26-15-5-11(14(22)8-16(15)27-2)6-17-18(24)23(19(25)28-17)9-10-3-4-12(20)7-13(10)21/h3-8H,9H2,1-2H3/b17-6-. The number of amides is 2. The number of carbonyl (C=O) groups is 2. The Hall–Kier alpha value is -1.86. The molecule has 2 aromatic carbocycles. The van der Waals surface area contributed by atoms with Gasteiger partial charge in [-0.05, 0) is 47.2 Å². The Labute approximate surface area is 181 Å². The van der Waals surface area contributed by atoms with E-state index in [1.165, 1.54) is 14.2 Å². The molecule has 2 aromatic rings. The topological polar surface area (TPSA) is 55.8 Å². The minimum Gasteiger partial charge on any atom is -0.493 e. The summed E-state index contributed by atoms with van der Waals surface area (Å²) in [7, 11) is 3.00. The largest absolute Gasteiger partial charge is 0.493 e. The van der Waals surface area contributed by atoms with E-state index >= 15 is 0 Å². The van der Waals surface area contributed by atoms with Crippen molar-refractivity contribution in [3.63, 3.8) is 0 Å². The average molecular weight is 459 g/mol. The van der Waals surface area contributed by atoms with E-state index in [1.54, 1.807) is 36.4 Å². The molecule has 0 radical (unpaired) electrons. The SMILES string of the molecule is COc1cc(Cl)c(/C=C2\SC(=O)N(Cc3ccc(Cl)cc3Cl)C2=O)cc1OC. The molecule has 1 heterocycles. The highest BCUT2D eigenvalue weighted by molar-refractivity contribution is 8.18. The van der Waals surface area contributed by atoms with Crippen LogP contribution >= 0.6 is 46.6 Å². The lowest BCUT2D eigenvalue weighted by Gasteiger charge is -2.13. The van der Waals surface area contributed by atoms with E-state index < -0.39 is 5.91 Å². The van der Waals surface area contributed by atoms with Crippen LogP contribution in [-0.2, 0) is 11.3 Å². The van der Waals surface area contributed by atoms with Gasteiger partial charge in [-0.15, -0.1) is 0 Å². The zero-order valence-electron chi connectivity index (χ0n) is 14.8. The maximum atomic E-state index is 12.7. The van der Waals surface area contributed by atoms with Gasteiger partial charge in [-0.25, -0.2) is 0 Å². The van der Waals surface area contributed by atoms with E-state index in [9.17, 15) is 9.59 Å². The number of nitrogens with zero attached hydrogens (tertiary/aromatic N) is 1. The number of hydrogen-bond donors (Lipinski definition) is 0. The molecule has 2 amide bonds. The highest BCUT2D eigenvalue weighted by Gasteiger charge is 2.35. The van der Waals surface area contributed by atoms with Crippen LogP contribution in [-0.4, -0.2) is 30.3 Å². The fourth-order valence-corrected chi connectivity index (χ4v) is 4.08. The molecule has 3 rings (SSSR count). The molecule has 0 spiro atoms. The van der Waals surface area contributed by atoms with Crippen LogP contribution in [0.1, 0.15) is 11.1 Å². The molecule has 1 saturated heterocycles. The molecule has 0 saturated carbocycles. The second kappa shape index (κ2) is 8.66. The Balaban J connectivity index is 1.89. The van der Waals surface area contributed by atoms with Crippen molar-refractivity contribution >= 4 is 63.8 Å². The Kier molecular flexibility index (Phi) is 6.45. The van der Waals surface area contributed by atoms with E-state index in [-0.39, 0.29) is 16.7 Å². The minimum atomic E-state index is -0.424. The van der Waals surface area contributed by atoms with Crippen molar-refractivity contribution in [2.45, 2.75) is 6.54 Å². The molecular weight excluding hydrogens is 445 g/mol. The molecular formula is C19H14Cl3NO4S. The first-order valence-corrected chi connectivity index (χ1v) is 9.90. The Morgan fingerprint density at radius 3 is 2.32 bits per heavy atom. The minimum absolute atomic E-state index is 0.0532. The number of methoxy groups -OCH3 is 2. The number of carbonyl (C=O) groups excluding carboxylic acids is 2. The first-order chi connectivity index (χ1) is 13.3. The van der Waals surface area contributed by atoms with E-state index in [1.807, 2.05) is 0 Å². The second-order valence-corrected chi connectivity index (χ2v) is 7.98. The third-order valence-corrected chi connectivity index (χ3v) is 5.83. The maximum absolute atomic E-state index is 12.7. The van der Waals surface area contributed by atoms with Gasteiger partial charge in [0, 0.05) is 16.1 Å². The Bertz CT molecular complexity index is 993. The molecule has 0 atom stereocenters. The van der Waals surface area contributed by atoms with Crippen LogP contribution in [0.3, 0.4) is 0 Å². The molecule has 0 aromatic heterocycles. The summed E-state index contributed by atoms with van der Waals surface area (Å²) in [5.74, 6) is 0.507. The molecule has 0 N–H and O–H groups in total. The smallest absolute Gasteiger partial charge is 0.293 e. The van der Waals surface area contributed by atoms with Crippen molar-refractivity contribution < 1.29 is 19.1 Å². The number of ether oxygens (including phenoxy) is 2. The fraction of sp³-hybridized carbons (Fsp3) is 0.158. The van der Waals surface area contributed by atoms with Crippen LogP contribution < -0.4 is 9.47 Å². The summed E-state index contributed by atoms with van der Waals surface area (Å²) in [6, 6.07) is 8.13. The first-order valence-electron chi connectivity index (χ1n) is 7.95. The molecule has 1 fully saturated rings. The van der Waals surface area contributed by atoms with Gasteiger partial charge in [0.25, 0.3) is 11.1 Å². The van der Waals surface area contributed by atoms with Gasteiger partial charge in [0.1, 0.15) is 0 Å². The molecule has 146 valence electrons. The number of benzene rings is 2. The van der Waals surface area contributed by atoms with Gasteiger partial charge in [-0.3, -0.25) is 14.5 Å². The first kappa shape index (κ1) is 20.9. The van der Waals surface area contributed by atoms with Gasteiger partial charge < -0.3 is 9.47 Å². The summed E-state index contributed by atoms with van der Waals surface area (Å²) in [5, 5.41) is 0.841. The zero-order valence-corrected chi connectivity index (χ0v) is 17.9. The van der Waals surface area contributed by atoms with Crippen LogP contribution in [0.4, 0.5) is 4.79 Å². The highest BCUT2D eigenvalue weighted by atomic mass is 35.5. The van der Waals surface area contributed by atoms with Crippen LogP contribution in [0.25, 0.3) is 6.08 Å². The summed E-state index contributed by atoms with van der Waals surface area (Å²) in [6.07, 6.45) is 1.55. The van der Waals surface area contributed by atoms with Crippen molar-refractivity contribution in [1.29, 1.82) is 0 Å². The van der Waals surface area contributed by atoms with Crippen LogP contribution in [0.15, 0.2) is 35.2 Å². The normalized spacial score (nSPS) is 15.5. The molecule has 9 heteroatoms. The molecule has 28 heavy (non-hydrogen) atoms. The summed E-state index contributed by atoms with van der Waals surface area (Å²) in [5.41, 5.74) is 1.16. The molecule has 0 bridgehead atoms. The van der Waals surface area contributed by atoms with Crippen molar-refractivity contribution in [2.75, 3.05) is 14.2 Å². The molecule has 1 aliphatic rings. The number of thioether (sulfide) groups is 1. The Morgan fingerprint density at radius 2 is 1.68 bits per heavy atom. The monoisotopic (exact) mass is 457 g/mol. The number of imide groups is 1. The number of halogens is 3. The van der Waals surface area contributed by atoms with Crippen molar-refractivity contribution in [1.82, 2.24) is 4.90 Å². The van der Waals surface area contributed by atoms with Gasteiger partial charge in [-0.2, -0.15) is 0 Å². The van der Waals surface area contributed by atoms with E-state index in [0.717, 1.165) is 16.7 Å². The van der Waals surface area contributed by atoms with Gasteiger partial charge in [0.2, 0.25) is 0 Å². The van der Waals surface area contributed by atoms with Crippen LogP contribution in [0, 0.1) is 0 Å². The average Bonchev–Trinajstić information content (AvgIpc) is 2.92. The predicted octanol–water partition coefficient (Wildman–Crippen LogP) is 5.90. The zero-order chi connectivity index (χ0) is 20.4. The van der Waals surface area contributed by atoms with Gasteiger partial charge in [0.15, 0.2) is 11.5 Å². The summed E-state index contributed by atoms with van der Waals surface area (Å²) in [6.45, 7) is 0.0532. The van der Waals surface area contributed by atoms with Crippen molar-refractivity contribution in [2.24, 2.45) is 0 Å². The van der Waals surface area contributed by atoms with Gasteiger partial charge >= 0.3 is 0 Å². The summed E-state index contributed by atoms with van der Waals surface area (Å²) >= 11 is 19.2.